The van der Waals surface area contributed by atoms with Gasteiger partial charge >= 0.3 is 0 Å². The van der Waals surface area contributed by atoms with E-state index < -0.39 is 0 Å². The summed E-state index contributed by atoms with van der Waals surface area (Å²) in [4.78, 5) is 0. The molecule has 2 atom stereocenters. The van der Waals surface area contributed by atoms with Gasteiger partial charge in [0.2, 0.25) is 0 Å². The van der Waals surface area contributed by atoms with Gasteiger partial charge in [-0.3, -0.25) is 11.3 Å². The molecule has 1 aromatic carbocycles. The fourth-order valence-corrected chi connectivity index (χ4v) is 2.90. The molecule has 1 aliphatic rings. The molecule has 106 valence electrons. The molecule has 3 N–H and O–H groups in total. The van der Waals surface area contributed by atoms with Crippen LogP contribution in [0.3, 0.4) is 0 Å². The van der Waals surface area contributed by atoms with Crippen molar-refractivity contribution in [3.63, 3.8) is 0 Å². The smallest absolute Gasteiger partial charge is 0.0823 e. The number of halogens is 2. The fraction of sp³-hybridized carbons (Fsp3) is 0.571. The predicted molar refractivity (Wildman–Crippen MR) is 79.5 cm³/mol. The Morgan fingerprint density at radius 2 is 2.16 bits per heavy atom. The van der Waals surface area contributed by atoms with Crippen LogP contribution < -0.4 is 11.3 Å². The Morgan fingerprint density at radius 3 is 2.74 bits per heavy atom. The molecule has 19 heavy (non-hydrogen) atoms. The zero-order chi connectivity index (χ0) is 13.9. The molecule has 1 aliphatic heterocycles. The average molecular weight is 303 g/mol. The van der Waals surface area contributed by atoms with E-state index in [9.17, 15) is 0 Å². The minimum atomic E-state index is -0.223. The van der Waals surface area contributed by atoms with Crippen molar-refractivity contribution >= 4 is 23.2 Å². The molecule has 1 saturated heterocycles. The highest BCUT2D eigenvalue weighted by Gasteiger charge is 2.36. The van der Waals surface area contributed by atoms with Gasteiger partial charge in [-0.05, 0) is 50.3 Å². The molecule has 1 heterocycles. The van der Waals surface area contributed by atoms with E-state index in [0.29, 0.717) is 10.0 Å². The number of benzene rings is 1. The van der Waals surface area contributed by atoms with Crippen LogP contribution >= 0.6 is 23.2 Å². The second-order valence-electron chi connectivity index (χ2n) is 5.29. The lowest BCUT2D eigenvalue weighted by atomic mass is 9.85. The minimum absolute atomic E-state index is 0.0602. The highest BCUT2D eigenvalue weighted by atomic mass is 35.5. The summed E-state index contributed by atoms with van der Waals surface area (Å²) >= 11 is 12.0. The number of rotatable bonds is 4. The van der Waals surface area contributed by atoms with Gasteiger partial charge in [0.25, 0.3) is 0 Å². The average Bonchev–Trinajstić information content (AvgIpc) is 2.40. The van der Waals surface area contributed by atoms with Gasteiger partial charge in [-0.25, -0.2) is 0 Å². The SMILES string of the molecule is CC1(C(Cc2ccc(Cl)c(Cl)c2)NN)CCCCO1. The monoisotopic (exact) mass is 302 g/mol. The van der Waals surface area contributed by atoms with E-state index in [1.165, 1.54) is 6.42 Å². The first kappa shape index (κ1) is 15.1. The van der Waals surface area contributed by atoms with Gasteiger partial charge < -0.3 is 4.74 Å². The molecule has 1 fully saturated rings. The molecule has 0 amide bonds. The molecule has 3 nitrogen and oxygen atoms in total. The number of nitrogens with two attached hydrogens (primary N) is 1. The first-order chi connectivity index (χ1) is 9.05. The maximum Gasteiger partial charge on any atom is 0.0823 e. The quantitative estimate of drug-likeness (QED) is 0.662. The Hall–Kier alpha value is -0.320. The van der Waals surface area contributed by atoms with Crippen molar-refractivity contribution in [3.05, 3.63) is 33.8 Å². The normalized spacial score (nSPS) is 25.3. The summed E-state index contributed by atoms with van der Waals surface area (Å²) in [5.74, 6) is 5.72. The highest BCUT2D eigenvalue weighted by Crippen LogP contribution is 2.30. The molecular weight excluding hydrogens is 283 g/mol. The van der Waals surface area contributed by atoms with E-state index in [1.807, 2.05) is 18.2 Å². The maximum absolute atomic E-state index is 6.05. The highest BCUT2D eigenvalue weighted by molar-refractivity contribution is 6.42. The number of ether oxygens (including phenoxy) is 1. The summed E-state index contributed by atoms with van der Waals surface area (Å²) in [6, 6.07) is 5.74. The van der Waals surface area contributed by atoms with Gasteiger partial charge in [0.05, 0.1) is 21.7 Å². The summed E-state index contributed by atoms with van der Waals surface area (Å²) in [5, 5.41) is 1.15. The van der Waals surface area contributed by atoms with E-state index in [1.54, 1.807) is 0 Å². The minimum Gasteiger partial charge on any atom is -0.374 e. The lowest BCUT2D eigenvalue weighted by Gasteiger charge is -2.40. The molecule has 0 saturated carbocycles. The summed E-state index contributed by atoms with van der Waals surface area (Å²) in [5.41, 5.74) is 3.78. The molecule has 2 unspecified atom stereocenters. The summed E-state index contributed by atoms with van der Waals surface area (Å²) < 4.78 is 5.94. The van der Waals surface area contributed by atoms with Crippen LogP contribution in [-0.4, -0.2) is 18.2 Å². The van der Waals surface area contributed by atoms with Crippen LogP contribution in [0, 0.1) is 0 Å². The van der Waals surface area contributed by atoms with Crippen LogP contribution in [0.15, 0.2) is 18.2 Å². The first-order valence-corrected chi connectivity index (χ1v) is 7.35. The Labute approximate surface area is 124 Å². The molecule has 5 heteroatoms. The van der Waals surface area contributed by atoms with Gasteiger partial charge in [-0.2, -0.15) is 0 Å². The molecule has 0 bridgehead atoms. The lowest BCUT2D eigenvalue weighted by molar-refractivity contribution is -0.0884. The van der Waals surface area contributed by atoms with Crippen molar-refractivity contribution in [3.8, 4) is 0 Å². The zero-order valence-electron chi connectivity index (χ0n) is 11.1. The Balaban J connectivity index is 2.11. The molecule has 0 spiro atoms. The third kappa shape index (κ3) is 3.61. The standard InChI is InChI=1S/C14H20Cl2N2O/c1-14(6-2-3-7-19-14)13(18-17)9-10-4-5-11(15)12(16)8-10/h4-5,8,13,18H,2-3,6-7,9,17H2,1H3. The van der Waals surface area contributed by atoms with Crippen molar-refractivity contribution in [2.24, 2.45) is 5.84 Å². The van der Waals surface area contributed by atoms with E-state index in [2.05, 4.69) is 12.3 Å². The number of hydrogen-bond acceptors (Lipinski definition) is 3. The largest absolute Gasteiger partial charge is 0.374 e. The Kier molecular flexibility index (Phi) is 5.09. The van der Waals surface area contributed by atoms with Crippen molar-refractivity contribution in [2.75, 3.05) is 6.61 Å². The molecule has 2 rings (SSSR count). The third-order valence-electron chi connectivity index (χ3n) is 3.86. The first-order valence-electron chi connectivity index (χ1n) is 6.59. The second kappa shape index (κ2) is 6.42. The summed E-state index contributed by atoms with van der Waals surface area (Å²) in [6.07, 6.45) is 4.09. The summed E-state index contributed by atoms with van der Waals surface area (Å²) in [6.45, 7) is 2.92. The predicted octanol–water partition coefficient (Wildman–Crippen LogP) is 3.33. The van der Waals surface area contributed by atoms with Gasteiger partial charge in [0, 0.05) is 6.61 Å². The molecule has 1 aromatic rings. The number of hydrogen-bond donors (Lipinski definition) is 2. The number of nitrogens with one attached hydrogen (secondary N) is 1. The zero-order valence-corrected chi connectivity index (χ0v) is 12.6. The summed E-state index contributed by atoms with van der Waals surface area (Å²) in [7, 11) is 0. The van der Waals surface area contributed by atoms with Crippen LogP contribution in [0.4, 0.5) is 0 Å². The van der Waals surface area contributed by atoms with Crippen molar-refractivity contribution in [2.45, 2.75) is 44.2 Å². The van der Waals surface area contributed by atoms with Crippen molar-refractivity contribution in [1.29, 1.82) is 0 Å². The second-order valence-corrected chi connectivity index (χ2v) is 6.10. The van der Waals surface area contributed by atoms with Crippen LogP contribution in [0.25, 0.3) is 0 Å². The fourth-order valence-electron chi connectivity index (χ4n) is 2.58. The van der Waals surface area contributed by atoms with Crippen molar-refractivity contribution < 1.29 is 4.74 Å². The third-order valence-corrected chi connectivity index (χ3v) is 4.60. The van der Waals surface area contributed by atoms with Crippen LogP contribution in [0.2, 0.25) is 10.0 Å². The van der Waals surface area contributed by atoms with Crippen LogP contribution in [0.1, 0.15) is 31.7 Å². The lowest BCUT2D eigenvalue weighted by Crippen LogP contribution is -2.55. The van der Waals surface area contributed by atoms with E-state index in [0.717, 1.165) is 31.4 Å². The number of hydrazine groups is 1. The van der Waals surface area contributed by atoms with Gasteiger partial charge in [-0.15, -0.1) is 0 Å². The van der Waals surface area contributed by atoms with Gasteiger partial charge in [-0.1, -0.05) is 29.3 Å². The molecule has 0 radical (unpaired) electrons. The Morgan fingerprint density at radius 1 is 1.37 bits per heavy atom. The van der Waals surface area contributed by atoms with Gasteiger partial charge in [0.1, 0.15) is 0 Å². The van der Waals surface area contributed by atoms with E-state index in [-0.39, 0.29) is 11.6 Å². The van der Waals surface area contributed by atoms with E-state index >= 15 is 0 Å². The van der Waals surface area contributed by atoms with E-state index in [4.69, 9.17) is 33.8 Å². The van der Waals surface area contributed by atoms with Crippen molar-refractivity contribution in [1.82, 2.24) is 5.43 Å². The Bertz CT molecular complexity index is 433. The molecule has 0 aromatic heterocycles. The van der Waals surface area contributed by atoms with Crippen LogP contribution in [0.5, 0.6) is 0 Å². The topological polar surface area (TPSA) is 47.3 Å². The van der Waals surface area contributed by atoms with Gasteiger partial charge in [0.15, 0.2) is 0 Å². The van der Waals surface area contributed by atoms with Crippen LogP contribution in [-0.2, 0) is 11.2 Å². The maximum atomic E-state index is 6.05. The molecule has 0 aliphatic carbocycles. The molecular formula is C14H20Cl2N2O.